The van der Waals surface area contributed by atoms with E-state index in [4.69, 9.17) is 49.3 Å². The van der Waals surface area contributed by atoms with Gasteiger partial charge in [-0.25, -0.2) is 17.9 Å². The lowest BCUT2D eigenvalue weighted by Crippen LogP contribution is -2.56. The number of ether oxygens (including phenoxy) is 2. The van der Waals surface area contributed by atoms with Gasteiger partial charge in [0.1, 0.15) is 22.5 Å². The van der Waals surface area contributed by atoms with E-state index in [0.29, 0.717) is 62.5 Å². The van der Waals surface area contributed by atoms with E-state index in [1.165, 1.54) is 12.1 Å². The first-order valence-electron chi connectivity index (χ1n) is 17.9. The minimum absolute atomic E-state index is 0.0401. The third kappa shape index (κ3) is 9.15. The summed E-state index contributed by atoms with van der Waals surface area (Å²) >= 11 is 19.3. The molecule has 1 N–H and O–H groups in total. The zero-order valence-electron chi connectivity index (χ0n) is 30.7. The van der Waals surface area contributed by atoms with E-state index < -0.39 is 27.6 Å². The summed E-state index contributed by atoms with van der Waals surface area (Å²) in [6, 6.07) is 15.8. The molecule has 3 aliphatic heterocycles. The number of aliphatic imine (C=N–C) groups is 1. The van der Waals surface area contributed by atoms with Crippen LogP contribution in [0.4, 0.5) is 4.79 Å². The van der Waals surface area contributed by atoms with Crippen LogP contribution in [0.3, 0.4) is 0 Å². The van der Waals surface area contributed by atoms with Gasteiger partial charge in [-0.15, -0.1) is 0 Å². The molecule has 2 saturated heterocycles. The maximum atomic E-state index is 15.1. The number of hydrogen-bond acceptors (Lipinski definition) is 8. The second-order valence-electron chi connectivity index (χ2n) is 14.4. The van der Waals surface area contributed by atoms with E-state index >= 15 is 4.79 Å². The number of carbonyl (C=O) groups is 2. The van der Waals surface area contributed by atoms with Crippen molar-refractivity contribution in [2.45, 2.75) is 50.2 Å². The van der Waals surface area contributed by atoms with Crippen LogP contribution in [0.15, 0.2) is 70.6 Å². The summed E-state index contributed by atoms with van der Waals surface area (Å²) in [6.07, 6.45) is 0. The molecule has 2 atom stereocenters. The highest BCUT2D eigenvalue weighted by Gasteiger charge is 2.45. The number of hydrogen-bond donors (Lipinski definition) is 1. The molecule has 0 spiro atoms. The Balaban J connectivity index is 1.43. The van der Waals surface area contributed by atoms with Crippen molar-refractivity contribution in [2.24, 2.45) is 4.99 Å². The van der Waals surface area contributed by atoms with Crippen molar-refractivity contribution in [1.82, 2.24) is 24.3 Å². The van der Waals surface area contributed by atoms with Gasteiger partial charge in [0.05, 0.1) is 43.0 Å². The summed E-state index contributed by atoms with van der Waals surface area (Å²) < 4.78 is 41.7. The molecule has 3 heterocycles. The molecule has 0 saturated carbocycles. The Bertz CT molecular complexity index is 1980. The SMILES string of the molecule is CCOc1cc(Cl)c(S(=O)(=O)NC(C)(C)C)cc1C1=N[C@@H](c2ccc(Cl)cc2)[C@@H](c2ccc(Cl)cc2)N1C(=O)N1CCN(CC(=O)N2CCOCC2)CC1. The largest absolute Gasteiger partial charge is 0.493 e. The van der Waals surface area contributed by atoms with Gasteiger partial charge >= 0.3 is 6.03 Å². The number of amidine groups is 1. The first kappa shape index (κ1) is 40.2. The lowest BCUT2D eigenvalue weighted by molar-refractivity contribution is -0.136. The van der Waals surface area contributed by atoms with Crippen LogP contribution < -0.4 is 9.46 Å². The second-order valence-corrected chi connectivity index (χ2v) is 17.4. The molecule has 0 bridgehead atoms. The van der Waals surface area contributed by atoms with Crippen LogP contribution in [0, 0.1) is 0 Å². The molecule has 0 aliphatic carbocycles. The number of benzene rings is 3. The van der Waals surface area contributed by atoms with Crippen molar-refractivity contribution in [1.29, 1.82) is 0 Å². The fourth-order valence-corrected chi connectivity index (χ4v) is 9.07. The summed E-state index contributed by atoms with van der Waals surface area (Å²) in [5.41, 5.74) is 1.03. The molecule has 3 aromatic rings. The van der Waals surface area contributed by atoms with Gasteiger partial charge in [0.25, 0.3) is 0 Å². The summed E-state index contributed by atoms with van der Waals surface area (Å²) in [5, 5.41) is 1.03. The Kier molecular flexibility index (Phi) is 12.5. The predicted octanol–water partition coefficient (Wildman–Crippen LogP) is 6.26. The first-order valence-corrected chi connectivity index (χ1v) is 20.5. The van der Waals surface area contributed by atoms with Gasteiger partial charge in [0, 0.05) is 60.9 Å². The molecule has 16 heteroatoms. The fourth-order valence-electron chi connectivity index (χ4n) is 6.86. The molecule has 12 nitrogen and oxygen atoms in total. The standard InChI is InChI=1S/C38H45Cl3N6O6S/c1-5-53-31-23-30(41)32(54(50,51)43-38(2,3)4)22-29(31)36-42-34(25-6-10-27(39)11-7-25)35(26-8-12-28(40)13-9-26)47(36)37(49)46-16-14-44(15-17-46)24-33(48)45-18-20-52-21-19-45/h6-13,22-23,34-35,43H,5,14-21,24H2,1-4H3/t34-,35+/m0/s1. The molecule has 3 amide bonds. The monoisotopic (exact) mass is 818 g/mol. The number of nitrogens with zero attached hydrogens (tertiary/aromatic N) is 5. The van der Waals surface area contributed by atoms with Crippen LogP contribution in [0.1, 0.15) is 56.5 Å². The topological polar surface area (TPSA) is 124 Å². The summed E-state index contributed by atoms with van der Waals surface area (Å²) in [7, 11) is -4.14. The summed E-state index contributed by atoms with van der Waals surface area (Å²) in [6.45, 7) is 11.4. The minimum atomic E-state index is -4.14. The Hall–Kier alpha value is -3.43. The predicted molar refractivity (Wildman–Crippen MR) is 210 cm³/mol. The van der Waals surface area contributed by atoms with Gasteiger partial charge in [-0.1, -0.05) is 59.1 Å². The molecule has 3 aliphatic rings. The summed E-state index contributed by atoms with van der Waals surface area (Å²) in [4.78, 5) is 40.4. The number of piperazine rings is 1. The van der Waals surface area contributed by atoms with Crippen LogP contribution in [0.5, 0.6) is 5.75 Å². The van der Waals surface area contributed by atoms with Gasteiger partial charge in [-0.05, 0) is 69.2 Å². The number of rotatable bonds is 9. The molecule has 0 radical (unpaired) electrons. The maximum absolute atomic E-state index is 15.1. The van der Waals surface area contributed by atoms with E-state index in [9.17, 15) is 13.2 Å². The quantitative estimate of drug-likeness (QED) is 0.270. The highest BCUT2D eigenvalue weighted by atomic mass is 35.5. The average Bonchev–Trinajstić information content (AvgIpc) is 3.52. The highest BCUT2D eigenvalue weighted by molar-refractivity contribution is 7.89. The second kappa shape index (κ2) is 16.7. The Labute approximate surface area is 332 Å². The average molecular weight is 820 g/mol. The minimum Gasteiger partial charge on any atom is -0.493 e. The number of morpholine rings is 1. The normalized spacial score (nSPS) is 19.9. The van der Waals surface area contributed by atoms with Gasteiger partial charge in [0.15, 0.2) is 0 Å². The van der Waals surface area contributed by atoms with Crippen molar-refractivity contribution in [3.05, 3.63) is 92.4 Å². The van der Waals surface area contributed by atoms with Crippen LogP contribution in [-0.4, -0.2) is 117 Å². The van der Waals surface area contributed by atoms with Crippen molar-refractivity contribution in [3.63, 3.8) is 0 Å². The molecule has 0 aromatic heterocycles. The third-order valence-electron chi connectivity index (χ3n) is 9.37. The van der Waals surface area contributed by atoms with Crippen molar-refractivity contribution in [2.75, 3.05) is 65.6 Å². The maximum Gasteiger partial charge on any atom is 0.326 e. The number of sulfonamides is 1. The van der Waals surface area contributed by atoms with Crippen molar-refractivity contribution in [3.8, 4) is 5.75 Å². The van der Waals surface area contributed by atoms with Gasteiger partial charge < -0.3 is 19.3 Å². The molecule has 3 aromatic carbocycles. The molecule has 54 heavy (non-hydrogen) atoms. The van der Waals surface area contributed by atoms with E-state index in [0.717, 1.165) is 11.1 Å². The van der Waals surface area contributed by atoms with E-state index in [1.807, 2.05) is 29.2 Å². The lowest BCUT2D eigenvalue weighted by atomic mass is 9.93. The van der Waals surface area contributed by atoms with Crippen molar-refractivity contribution < 1.29 is 27.5 Å². The summed E-state index contributed by atoms with van der Waals surface area (Å²) in [5.74, 6) is 0.530. The van der Waals surface area contributed by atoms with Gasteiger partial charge in [-0.2, -0.15) is 0 Å². The van der Waals surface area contributed by atoms with Crippen LogP contribution in [0.25, 0.3) is 0 Å². The first-order chi connectivity index (χ1) is 25.6. The van der Waals surface area contributed by atoms with Crippen LogP contribution in [-0.2, 0) is 19.6 Å². The number of urea groups is 1. The Morgan fingerprint density at radius 3 is 2.04 bits per heavy atom. The number of halogens is 3. The van der Waals surface area contributed by atoms with Gasteiger partial charge in [-0.3, -0.25) is 19.6 Å². The molecule has 0 unspecified atom stereocenters. The smallest absolute Gasteiger partial charge is 0.326 e. The van der Waals surface area contributed by atoms with E-state index in [-0.39, 0.29) is 52.2 Å². The molecular weight excluding hydrogens is 775 g/mol. The van der Waals surface area contributed by atoms with Crippen LogP contribution in [0.2, 0.25) is 15.1 Å². The Morgan fingerprint density at radius 1 is 0.870 bits per heavy atom. The molecule has 2 fully saturated rings. The van der Waals surface area contributed by atoms with Crippen LogP contribution >= 0.6 is 34.8 Å². The van der Waals surface area contributed by atoms with Gasteiger partial charge in [0.2, 0.25) is 15.9 Å². The van der Waals surface area contributed by atoms with E-state index in [2.05, 4.69) is 9.62 Å². The number of nitrogens with one attached hydrogen (secondary N) is 1. The van der Waals surface area contributed by atoms with Crippen molar-refractivity contribution >= 4 is 62.6 Å². The zero-order chi connectivity index (χ0) is 38.8. The Morgan fingerprint density at radius 2 is 1.46 bits per heavy atom. The molecule has 290 valence electrons. The number of carbonyl (C=O) groups excluding carboxylic acids is 2. The number of amides is 3. The van der Waals surface area contributed by atoms with E-state index in [1.54, 1.807) is 61.8 Å². The lowest BCUT2D eigenvalue weighted by Gasteiger charge is -2.39. The third-order valence-corrected chi connectivity index (χ3v) is 12.1. The highest BCUT2D eigenvalue weighted by Crippen LogP contribution is 2.46. The molecular formula is C38H45Cl3N6O6S. The zero-order valence-corrected chi connectivity index (χ0v) is 33.8. The molecule has 6 rings (SSSR count). The fraction of sp³-hybridized carbons (Fsp3) is 0.447.